The Bertz CT molecular complexity index is 1040. The molecule has 1 saturated heterocycles. The Morgan fingerprint density at radius 1 is 1.25 bits per heavy atom. The standard InChI is InChI=1S/C23H27FN2O5Si/c1-15-21(32(2,3)24)20(11-12-27)31-23(15)18-13-17(26(29)30)9-10-19(18)25(22(23)28)14-16-7-5-4-6-8-16/h4-10,13,15,20-21,27H,11-12,14H2,1-3H3/t15-,20+,21-,23+/m1/s1. The first-order chi connectivity index (χ1) is 15.1. The maximum Gasteiger partial charge on any atom is 0.269 e. The molecule has 4 rings (SSSR count). The molecule has 4 atom stereocenters. The van der Waals surface area contributed by atoms with Crippen LogP contribution >= 0.6 is 0 Å². The summed E-state index contributed by atoms with van der Waals surface area (Å²) in [5, 5.41) is 21.1. The fourth-order valence-corrected chi connectivity index (χ4v) is 8.01. The number of aliphatic hydroxyl groups is 1. The van der Waals surface area contributed by atoms with Gasteiger partial charge in [-0.1, -0.05) is 37.3 Å². The van der Waals surface area contributed by atoms with E-state index in [0.29, 0.717) is 11.3 Å². The highest BCUT2D eigenvalue weighted by Gasteiger charge is 2.66. The van der Waals surface area contributed by atoms with Gasteiger partial charge >= 0.3 is 0 Å². The van der Waals surface area contributed by atoms with E-state index in [9.17, 15) is 20.0 Å². The minimum absolute atomic E-state index is 0.146. The summed E-state index contributed by atoms with van der Waals surface area (Å²) in [5.41, 5.74) is -0.357. The Kier molecular flexibility index (Phi) is 5.68. The highest BCUT2D eigenvalue weighted by molar-refractivity contribution is 6.72. The minimum Gasteiger partial charge on any atom is -0.396 e. The Balaban J connectivity index is 1.87. The van der Waals surface area contributed by atoms with Crippen LogP contribution in [-0.2, 0) is 21.7 Å². The van der Waals surface area contributed by atoms with Gasteiger partial charge < -0.3 is 18.9 Å². The summed E-state index contributed by atoms with van der Waals surface area (Å²) in [5.74, 6) is -0.882. The van der Waals surface area contributed by atoms with E-state index in [0.717, 1.165) is 5.56 Å². The molecule has 2 aromatic carbocycles. The Hall–Kier alpha value is -2.62. The van der Waals surface area contributed by atoms with Crippen LogP contribution in [0.15, 0.2) is 48.5 Å². The molecule has 2 aliphatic heterocycles. The summed E-state index contributed by atoms with van der Waals surface area (Å²) in [4.78, 5) is 26.6. The van der Waals surface area contributed by atoms with Crippen LogP contribution in [0.3, 0.4) is 0 Å². The number of halogens is 1. The second-order valence-electron chi connectivity index (χ2n) is 9.12. The number of ether oxygens (including phenoxy) is 1. The van der Waals surface area contributed by atoms with Crippen molar-refractivity contribution in [2.75, 3.05) is 11.5 Å². The number of carbonyl (C=O) groups excluding carboxylic acids is 1. The van der Waals surface area contributed by atoms with Gasteiger partial charge in [-0.15, -0.1) is 0 Å². The predicted octanol–water partition coefficient (Wildman–Crippen LogP) is 4.30. The van der Waals surface area contributed by atoms with Gasteiger partial charge in [0.1, 0.15) is 0 Å². The molecule has 32 heavy (non-hydrogen) atoms. The first-order valence-electron chi connectivity index (χ1n) is 10.7. The zero-order chi connectivity index (χ0) is 23.3. The molecular formula is C23H27FN2O5Si. The smallest absolute Gasteiger partial charge is 0.269 e. The molecule has 2 aliphatic rings. The number of benzene rings is 2. The van der Waals surface area contributed by atoms with Crippen molar-refractivity contribution < 1.29 is 23.7 Å². The second-order valence-corrected chi connectivity index (χ2v) is 12.9. The predicted molar refractivity (Wildman–Crippen MR) is 120 cm³/mol. The van der Waals surface area contributed by atoms with Crippen molar-refractivity contribution in [3.8, 4) is 0 Å². The molecular weight excluding hydrogens is 431 g/mol. The number of aliphatic hydroxyl groups excluding tert-OH is 1. The van der Waals surface area contributed by atoms with Crippen molar-refractivity contribution in [2.45, 2.75) is 50.2 Å². The maximum atomic E-state index is 15.5. The number of nitrogens with zero attached hydrogens (tertiary/aromatic N) is 2. The number of carbonyl (C=O) groups is 1. The van der Waals surface area contributed by atoms with Crippen molar-refractivity contribution in [1.82, 2.24) is 0 Å². The van der Waals surface area contributed by atoms with Gasteiger partial charge in [-0.05, 0) is 31.1 Å². The summed E-state index contributed by atoms with van der Waals surface area (Å²) in [6, 6.07) is 13.8. The van der Waals surface area contributed by atoms with Crippen LogP contribution in [0.5, 0.6) is 0 Å². The van der Waals surface area contributed by atoms with E-state index in [4.69, 9.17) is 4.74 Å². The van der Waals surface area contributed by atoms with E-state index in [1.54, 1.807) is 31.0 Å². The van der Waals surface area contributed by atoms with Crippen LogP contribution in [0, 0.1) is 16.0 Å². The Labute approximate surface area is 187 Å². The fourth-order valence-electron chi connectivity index (χ4n) is 5.47. The van der Waals surface area contributed by atoms with Crippen LogP contribution in [-0.4, -0.2) is 37.1 Å². The molecule has 0 bridgehead atoms. The van der Waals surface area contributed by atoms with Crippen molar-refractivity contribution >= 4 is 25.7 Å². The minimum atomic E-state index is -3.30. The molecule has 170 valence electrons. The lowest BCUT2D eigenvalue weighted by Crippen LogP contribution is -2.45. The van der Waals surface area contributed by atoms with Crippen molar-refractivity contribution in [3.05, 3.63) is 69.8 Å². The first-order valence-corrected chi connectivity index (χ1v) is 13.7. The normalized spacial score (nSPS) is 27.2. The number of nitro groups is 1. The topological polar surface area (TPSA) is 92.9 Å². The number of hydrogen-bond acceptors (Lipinski definition) is 5. The zero-order valence-corrected chi connectivity index (χ0v) is 19.3. The molecule has 1 amide bonds. The first kappa shape index (κ1) is 22.6. The second kappa shape index (κ2) is 8.06. The molecule has 0 aromatic heterocycles. The third kappa shape index (κ3) is 3.44. The lowest BCUT2D eigenvalue weighted by atomic mass is 9.82. The number of non-ortho nitro benzene ring substituents is 1. The average molecular weight is 459 g/mol. The number of rotatable bonds is 6. The largest absolute Gasteiger partial charge is 0.396 e. The SMILES string of the molecule is C[C@@H]1[C@@H]([Si](C)(C)F)[C@H](CCO)O[C@@]12C(=O)N(Cc1ccccc1)c1ccc([N+](=O)[O-])cc12. The van der Waals surface area contributed by atoms with E-state index < -0.39 is 36.5 Å². The molecule has 0 saturated carbocycles. The van der Waals surface area contributed by atoms with Gasteiger partial charge in [-0.25, -0.2) is 0 Å². The van der Waals surface area contributed by atoms with Crippen molar-refractivity contribution in [2.24, 2.45) is 5.92 Å². The molecule has 0 unspecified atom stereocenters. The van der Waals surface area contributed by atoms with Gasteiger partial charge in [0.25, 0.3) is 11.6 Å². The van der Waals surface area contributed by atoms with E-state index >= 15 is 4.11 Å². The molecule has 1 fully saturated rings. The number of anilines is 1. The maximum absolute atomic E-state index is 15.5. The molecule has 2 aromatic rings. The molecule has 0 aliphatic carbocycles. The summed E-state index contributed by atoms with van der Waals surface area (Å²) < 4.78 is 21.8. The number of amides is 1. The highest BCUT2D eigenvalue weighted by Crippen LogP contribution is 2.60. The fraction of sp³-hybridized carbons (Fsp3) is 0.435. The number of nitro benzene ring substituents is 1. The third-order valence-corrected chi connectivity index (χ3v) is 9.21. The quantitative estimate of drug-likeness (QED) is 0.302. The average Bonchev–Trinajstić information content (AvgIpc) is 3.16. The molecule has 7 nitrogen and oxygen atoms in total. The Morgan fingerprint density at radius 3 is 2.53 bits per heavy atom. The monoisotopic (exact) mass is 458 g/mol. The molecule has 0 radical (unpaired) electrons. The number of fused-ring (bicyclic) bond motifs is 2. The van der Waals surface area contributed by atoms with Gasteiger partial charge in [0.15, 0.2) is 5.60 Å². The van der Waals surface area contributed by atoms with Gasteiger partial charge in [-0.2, -0.15) is 0 Å². The van der Waals surface area contributed by atoms with Crippen molar-refractivity contribution in [1.29, 1.82) is 0 Å². The van der Waals surface area contributed by atoms with Gasteiger partial charge in [0.2, 0.25) is 8.41 Å². The molecule has 9 heteroatoms. The van der Waals surface area contributed by atoms with E-state index in [1.165, 1.54) is 12.1 Å². The van der Waals surface area contributed by atoms with Crippen LogP contribution in [0.4, 0.5) is 15.5 Å². The number of hydrogen-bond donors (Lipinski definition) is 1. The van der Waals surface area contributed by atoms with E-state index in [1.807, 2.05) is 30.3 Å². The highest BCUT2D eigenvalue weighted by atomic mass is 28.4. The van der Waals surface area contributed by atoms with Crippen molar-refractivity contribution in [3.63, 3.8) is 0 Å². The van der Waals surface area contributed by atoms with Crippen LogP contribution in [0.25, 0.3) is 0 Å². The van der Waals surface area contributed by atoms with Gasteiger partial charge in [-0.3, -0.25) is 14.9 Å². The lowest BCUT2D eigenvalue weighted by molar-refractivity contribution is -0.385. The van der Waals surface area contributed by atoms with Gasteiger partial charge in [0.05, 0.1) is 23.3 Å². The molecule has 1 spiro atoms. The molecule has 2 heterocycles. The Morgan fingerprint density at radius 2 is 1.94 bits per heavy atom. The zero-order valence-electron chi connectivity index (χ0n) is 18.3. The summed E-state index contributed by atoms with van der Waals surface area (Å²) in [6.07, 6.45) is -0.442. The van der Waals surface area contributed by atoms with E-state index in [-0.39, 0.29) is 31.2 Å². The van der Waals surface area contributed by atoms with Gasteiger partial charge in [0, 0.05) is 35.8 Å². The van der Waals surface area contributed by atoms with Crippen LogP contribution in [0.1, 0.15) is 24.5 Å². The van der Waals surface area contributed by atoms with Crippen LogP contribution in [0.2, 0.25) is 18.6 Å². The molecule has 1 N–H and O–H groups in total. The lowest BCUT2D eigenvalue weighted by Gasteiger charge is -2.31. The summed E-state index contributed by atoms with van der Waals surface area (Å²) >= 11 is 0. The summed E-state index contributed by atoms with van der Waals surface area (Å²) in [6.45, 7) is 5.03. The summed E-state index contributed by atoms with van der Waals surface area (Å²) in [7, 11) is -3.30. The van der Waals surface area contributed by atoms with E-state index in [2.05, 4.69) is 0 Å². The third-order valence-electron chi connectivity index (χ3n) is 6.75. The van der Waals surface area contributed by atoms with Crippen LogP contribution < -0.4 is 4.90 Å².